The Labute approximate surface area is 155 Å². The van der Waals surface area contributed by atoms with E-state index >= 15 is 0 Å². The number of carbonyl (C=O) groups excluding carboxylic acids is 1. The zero-order chi connectivity index (χ0) is 19.7. The lowest BCUT2D eigenvalue weighted by molar-refractivity contribution is -0.559. The van der Waals surface area contributed by atoms with Crippen LogP contribution >= 0.6 is 0 Å². The normalized spacial score (nSPS) is 16.2. The third-order valence-corrected chi connectivity index (χ3v) is 4.63. The van der Waals surface area contributed by atoms with E-state index in [0.29, 0.717) is 0 Å². The highest BCUT2D eigenvalue weighted by Gasteiger charge is 2.36. The van der Waals surface area contributed by atoms with E-state index in [1.54, 1.807) is 35.4 Å². The van der Waals surface area contributed by atoms with Gasteiger partial charge >= 0.3 is 5.90 Å². The monoisotopic (exact) mass is 374 g/mol. The lowest BCUT2D eigenvalue weighted by Gasteiger charge is -2.26. The highest BCUT2D eigenvalue weighted by Crippen LogP contribution is 2.25. The molecule has 3 rings (SSSR count). The zero-order valence-electron chi connectivity index (χ0n) is 15.1. The molecule has 0 saturated carbocycles. The van der Waals surface area contributed by atoms with Crippen molar-refractivity contribution in [2.24, 2.45) is 0 Å². The van der Waals surface area contributed by atoms with Crippen molar-refractivity contribution in [2.45, 2.75) is 19.0 Å². The Morgan fingerprint density at radius 1 is 1.26 bits per heavy atom. The van der Waals surface area contributed by atoms with Gasteiger partial charge in [-0.1, -0.05) is 0 Å². The molecule has 1 aliphatic heterocycles. The number of hydrogen-bond donors (Lipinski definition) is 2. The number of aliphatic hydroxyl groups is 1. The van der Waals surface area contributed by atoms with Gasteiger partial charge in [0.1, 0.15) is 11.9 Å². The van der Waals surface area contributed by atoms with Crippen LogP contribution in [-0.2, 0) is 11.3 Å². The van der Waals surface area contributed by atoms with Gasteiger partial charge in [0.25, 0.3) is 0 Å². The average Bonchev–Trinajstić information content (AvgIpc) is 2.63. The van der Waals surface area contributed by atoms with Crippen LogP contribution in [0.25, 0.3) is 0 Å². The maximum Gasteiger partial charge on any atom is 0.389 e. The number of hydrogen-bond acceptors (Lipinski definition) is 3. The fraction of sp³-hybridized carbons (Fsp3) is 0.316. The number of amides is 1. The number of pyridine rings is 1. The number of halogens is 1. The molecule has 0 fully saturated rings. The molecule has 2 aromatic rings. The molecule has 2 N–H and O–H groups in total. The van der Waals surface area contributed by atoms with Gasteiger partial charge in [-0.25, -0.2) is 4.39 Å². The van der Waals surface area contributed by atoms with E-state index in [-0.39, 0.29) is 42.8 Å². The Morgan fingerprint density at radius 3 is 2.56 bits per heavy atom. The van der Waals surface area contributed by atoms with Crippen molar-refractivity contribution >= 4 is 11.8 Å². The van der Waals surface area contributed by atoms with Crippen LogP contribution in [0.5, 0.6) is 5.75 Å². The molecular weight excluding hydrogens is 353 g/mol. The van der Waals surface area contributed by atoms with Crippen LogP contribution in [0.1, 0.15) is 23.7 Å². The highest BCUT2D eigenvalue weighted by molar-refractivity contribution is 5.90. The van der Waals surface area contributed by atoms with Crippen LogP contribution in [0.3, 0.4) is 0 Å². The fourth-order valence-electron chi connectivity index (χ4n) is 3.14. The minimum atomic E-state index is -0.617. The third-order valence-electron chi connectivity index (χ3n) is 4.63. The van der Waals surface area contributed by atoms with Crippen LogP contribution in [0.15, 0.2) is 41.3 Å². The van der Waals surface area contributed by atoms with Gasteiger partial charge in [-0.15, -0.1) is 0 Å². The third kappa shape index (κ3) is 3.69. The SMILES string of the molecule is CN(C)C(=O)CC1C[N+](Cc2ccc(F)cc2)=C(O)c2c(O)c(=O)ccn21. The van der Waals surface area contributed by atoms with Crippen LogP contribution in [0, 0.1) is 5.82 Å². The second-order valence-corrected chi connectivity index (χ2v) is 6.76. The number of aliphatic hydroxyl groups excluding tert-OH is 1. The Balaban J connectivity index is 2.04. The van der Waals surface area contributed by atoms with Crippen molar-refractivity contribution in [2.75, 3.05) is 20.6 Å². The largest absolute Gasteiger partial charge is 0.502 e. The molecule has 0 spiro atoms. The van der Waals surface area contributed by atoms with E-state index < -0.39 is 17.2 Å². The van der Waals surface area contributed by atoms with E-state index in [9.17, 15) is 24.2 Å². The number of aromatic nitrogens is 1. The minimum Gasteiger partial charge on any atom is -0.502 e. The zero-order valence-corrected chi connectivity index (χ0v) is 15.1. The molecule has 8 heteroatoms. The van der Waals surface area contributed by atoms with Gasteiger partial charge in [0.05, 0.1) is 6.42 Å². The van der Waals surface area contributed by atoms with E-state index in [1.807, 2.05) is 0 Å². The number of carbonyl (C=O) groups is 1. The molecule has 0 saturated heterocycles. The fourth-order valence-corrected chi connectivity index (χ4v) is 3.14. The van der Waals surface area contributed by atoms with E-state index in [0.717, 1.165) is 5.56 Å². The first-order valence-electron chi connectivity index (χ1n) is 8.48. The van der Waals surface area contributed by atoms with Crippen LogP contribution in [-0.4, -0.2) is 56.7 Å². The van der Waals surface area contributed by atoms with Gasteiger partial charge in [-0.05, 0) is 24.3 Å². The molecule has 0 bridgehead atoms. The maximum atomic E-state index is 13.1. The van der Waals surface area contributed by atoms with Crippen LogP contribution in [0.4, 0.5) is 4.39 Å². The van der Waals surface area contributed by atoms with Crippen molar-refractivity contribution in [3.63, 3.8) is 0 Å². The van der Waals surface area contributed by atoms with E-state index in [2.05, 4.69) is 0 Å². The van der Waals surface area contributed by atoms with Crippen molar-refractivity contribution < 1.29 is 24.0 Å². The van der Waals surface area contributed by atoms with Crippen molar-refractivity contribution in [1.82, 2.24) is 9.47 Å². The Hall–Kier alpha value is -3.16. The quantitative estimate of drug-likeness (QED) is 0.789. The Kier molecular flexibility index (Phi) is 4.98. The molecule has 1 unspecified atom stereocenters. The molecule has 1 atom stereocenters. The summed E-state index contributed by atoms with van der Waals surface area (Å²) in [6.07, 6.45) is 1.60. The number of nitrogens with zero attached hydrogens (tertiary/aromatic N) is 3. The first kappa shape index (κ1) is 18.6. The lowest BCUT2D eigenvalue weighted by atomic mass is 10.1. The molecule has 27 heavy (non-hydrogen) atoms. The standard InChI is InChI=1S/C19H20FN3O4/c1-21(2)16(25)9-14-11-22(10-12-3-5-13(20)6-4-12)19(27)17-18(26)15(24)7-8-23(14)17/h3-8,14H,9-11H2,1-2H3,(H,26,27)/p+1. The van der Waals surface area contributed by atoms with Gasteiger partial charge in [0, 0.05) is 31.9 Å². The molecule has 7 nitrogen and oxygen atoms in total. The molecule has 1 aromatic heterocycles. The summed E-state index contributed by atoms with van der Waals surface area (Å²) in [7, 11) is 3.30. The van der Waals surface area contributed by atoms with E-state index in [1.165, 1.54) is 29.3 Å². The summed E-state index contributed by atoms with van der Waals surface area (Å²) in [5.74, 6) is -1.31. The van der Waals surface area contributed by atoms with Gasteiger partial charge in [-0.2, -0.15) is 4.58 Å². The number of aromatic hydroxyl groups is 1. The van der Waals surface area contributed by atoms with Crippen molar-refractivity contribution in [1.29, 1.82) is 0 Å². The topological polar surface area (TPSA) is 85.8 Å². The molecule has 0 radical (unpaired) electrons. The smallest absolute Gasteiger partial charge is 0.389 e. The van der Waals surface area contributed by atoms with Gasteiger partial charge in [0.2, 0.25) is 17.0 Å². The highest BCUT2D eigenvalue weighted by atomic mass is 19.1. The molecule has 1 aromatic carbocycles. The molecular formula is C19H21FN3O4+. The Morgan fingerprint density at radius 2 is 1.93 bits per heavy atom. The molecule has 2 heterocycles. The summed E-state index contributed by atoms with van der Waals surface area (Å²) in [5.41, 5.74) is 0.105. The lowest BCUT2D eigenvalue weighted by Crippen LogP contribution is -2.40. The molecule has 1 amide bonds. The van der Waals surface area contributed by atoms with Crippen LogP contribution in [0.2, 0.25) is 0 Å². The van der Waals surface area contributed by atoms with Gasteiger partial charge < -0.3 is 19.7 Å². The number of benzene rings is 1. The van der Waals surface area contributed by atoms with Crippen LogP contribution < -0.4 is 5.43 Å². The Bertz CT molecular complexity index is 964. The summed E-state index contributed by atoms with van der Waals surface area (Å²) >= 11 is 0. The van der Waals surface area contributed by atoms with Gasteiger partial charge in [-0.3, -0.25) is 9.59 Å². The first-order valence-corrected chi connectivity index (χ1v) is 8.48. The van der Waals surface area contributed by atoms with Gasteiger partial charge in [0.15, 0.2) is 18.8 Å². The maximum absolute atomic E-state index is 13.1. The predicted octanol–water partition coefficient (Wildman–Crippen LogP) is 1.24. The van der Waals surface area contributed by atoms with E-state index in [4.69, 9.17) is 0 Å². The molecule has 1 aliphatic rings. The molecule has 142 valence electrons. The molecule has 0 aliphatic carbocycles. The summed E-state index contributed by atoms with van der Waals surface area (Å²) in [5, 5.41) is 20.9. The summed E-state index contributed by atoms with van der Waals surface area (Å²) in [6.45, 7) is 0.527. The second kappa shape index (κ2) is 7.22. The predicted molar refractivity (Wildman–Crippen MR) is 96.7 cm³/mol. The first-order chi connectivity index (χ1) is 12.8. The summed E-state index contributed by atoms with van der Waals surface area (Å²) in [4.78, 5) is 25.5. The average molecular weight is 374 g/mol. The summed E-state index contributed by atoms with van der Waals surface area (Å²) in [6, 6.07) is 6.63. The minimum absolute atomic E-state index is 0.0209. The van der Waals surface area contributed by atoms with Crippen molar-refractivity contribution in [3.8, 4) is 5.75 Å². The van der Waals surface area contributed by atoms with Crippen molar-refractivity contribution in [3.05, 3.63) is 63.8 Å². The number of rotatable bonds is 4. The summed E-state index contributed by atoms with van der Waals surface area (Å²) < 4.78 is 16.3. The second-order valence-electron chi connectivity index (χ2n) is 6.76. The number of fused-ring (bicyclic) bond motifs is 1.